The highest BCUT2D eigenvalue weighted by Gasteiger charge is 2.33. The third kappa shape index (κ3) is 7.12. The number of carbonyl (C=O) groups is 2. The fourth-order valence-corrected chi connectivity index (χ4v) is 5.59. The number of benzene rings is 3. The first-order valence-corrected chi connectivity index (χ1v) is 15.0. The van der Waals surface area contributed by atoms with Gasteiger partial charge in [-0.2, -0.15) is 0 Å². The van der Waals surface area contributed by atoms with E-state index in [0.29, 0.717) is 31.3 Å². The van der Waals surface area contributed by atoms with Gasteiger partial charge in [-0.05, 0) is 37.1 Å². The van der Waals surface area contributed by atoms with Gasteiger partial charge in [0.1, 0.15) is 25.8 Å². The van der Waals surface area contributed by atoms with Crippen LogP contribution in [0.15, 0.2) is 78.9 Å². The minimum absolute atomic E-state index is 0.134. The highest BCUT2D eigenvalue weighted by atomic mass is 32.2. The first-order valence-electron chi connectivity index (χ1n) is 13.4. The van der Waals surface area contributed by atoms with Gasteiger partial charge in [-0.3, -0.25) is 13.9 Å². The predicted octanol–water partition coefficient (Wildman–Crippen LogP) is 3.39. The van der Waals surface area contributed by atoms with Crippen molar-refractivity contribution in [2.75, 3.05) is 36.4 Å². The van der Waals surface area contributed by atoms with Crippen molar-refractivity contribution in [3.05, 3.63) is 90.0 Å². The molecule has 0 aliphatic carbocycles. The molecule has 1 aliphatic heterocycles. The van der Waals surface area contributed by atoms with Crippen molar-refractivity contribution < 1.29 is 27.5 Å². The third-order valence-electron chi connectivity index (χ3n) is 6.61. The molecule has 1 N–H and O–H groups in total. The number of rotatable bonds is 12. The Hall–Kier alpha value is -4.05. The second kappa shape index (κ2) is 13.3. The van der Waals surface area contributed by atoms with E-state index in [1.54, 1.807) is 18.2 Å². The Morgan fingerprint density at radius 3 is 2.12 bits per heavy atom. The normalized spacial score (nSPS) is 13.2. The molecule has 0 spiro atoms. The topological polar surface area (TPSA) is 105 Å². The number of fused-ring (bicyclic) bond motifs is 1. The summed E-state index contributed by atoms with van der Waals surface area (Å²) in [5.41, 5.74) is 1.99. The molecular formula is C30H35N3O6S. The molecule has 3 aromatic rings. The average molecular weight is 566 g/mol. The lowest BCUT2D eigenvalue weighted by molar-refractivity contribution is -0.140. The molecule has 1 atom stereocenters. The molecule has 9 nitrogen and oxygen atoms in total. The number of amides is 2. The fraction of sp³-hybridized carbons (Fsp3) is 0.333. The van der Waals surface area contributed by atoms with Crippen LogP contribution < -0.4 is 19.1 Å². The molecule has 10 heteroatoms. The Morgan fingerprint density at radius 1 is 0.875 bits per heavy atom. The Morgan fingerprint density at radius 2 is 1.50 bits per heavy atom. The van der Waals surface area contributed by atoms with Crippen LogP contribution in [0.2, 0.25) is 0 Å². The number of carbonyl (C=O) groups excluding carboxylic acids is 2. The summed E-state index contributed by atoms with van der Waals surface area (Å²) in [6, 6.07) is 22.7. The molecule has 0 saturated carbocycles. The molecule has 0 radical (unpaired) electrons. The maximum absolute atomic E-state index is 14.1. The van der Waals surface area contributed by atoms with Gasteiger partial charge >= 0.3 is 0 Å². The van der Waals surface area contributed by atoms with Crippen molar-refractivity contribution in [1.82, 2.24) is 10.2 Å². The van der Waals surface area contributed by atoms with Gasteiger partial charge in [-0.25, -0.2) is 8.42 Å². The molecule has 1 heterocycles. The SMILES string of the molecule is CCNC(=O)C(Cc1ccccc1)N(Cc1ccccc1)C(=O)CN(c1ccc2c(c1)OCCO2)S(=O)(=O)CC. The van der Waals surface area contributed by atoms with Gasteiger partial charge in [0.25, 0.3) is 0 Å². The lowest BCUT2D eigenvalue weighted by atomic mass is 10.0. The quantitative estimate of drug-likeness (QED) is 0.361. The van der Waals surface area contributed by atoms with E-state index < -0.39 is 28.5 Å². The standard InChI is InChI=1S/C30H35N3O6S/c1-3-31-30(35)26(19-23-11-7-5-8-12-23)32(21-24-13-9-6-10-14-24)29(34)22-33(40(36,37)4-2)25-15-16-27-28(20-25)39-18-17-38-27/h5-16,20,26H,3-4,17-19,21-22H2,1-2H3,(H,31,35). The highest BCUT2D eigenvalue weighted by Crippen LogP contribution is 2.35. The van der Waals surface area contributed by atoms with E-state index in [1.807, 2.05) is 67.6 Å². The van der Waals surface area contributed by atoms with Gasteiger partial charge in [-0.15, -0.1) is 0 Å². The third-order valence-corrected chi connectivity index (χ3v) is 8.35. The number of nitrogens with zero attached hydrogens (tertiary/aromatic N) is 2. The van der Waals surface area contributed by atoms with Gasteiger partial charge in [0, 0.05) is 25.6 Å². The lowest BCUT2D eigenvalue weighted by Gasteiger charge is -2.34. The summed E-state index contributed by atoms with van der Waals surface area (Å²) in [5, 5.41) is 2.85. The van der Waals surface area contributed by atoms with E-state index in [1.165, 1.54) is 11.8 Å². The number of nitrogens with one attached hydrogen (secondary N) is 1. The fourth-order valence-electron chi connectivity index (χ4n) is 4.53. The van der Waals surface area contributed by atoms with E-state index in [4.69, 9.17) is 9.47 Å². The van der Waals surface area contributed by atoms with Crippen molar-refractivity contribution in [3.63, 3.8) is 0 Å². The van der Waals surface area contributed by atoms with Crippen molar-refractivity contribution >= 4 is 27.5 Å². The van der Waals surface area contributed by atoms with E-state index in [2.05, 4.69) is 5.32 Å². The van der Waals surface area contributed by atoms with Gasteiger partial charge in [0.15, 0.2) is 11.5 Å². The number of anilines is 1. The van der Waals surface area contributed by atoms with Crippen LogP contribution in [-0.2, 0) is 32.6 Å². The van der Waals surface area contributed by atoms with Gasteiger partial charge in [-0.1, -0.05) is 60.7 Å². The summed E-state index contributed by atoms with van der Waals surface area (Å²) >= 11 is 0. The Labute approximate surface area is 235 Å². The predicted molar refractivity (Wildman–Crippen MR) is 154 cm³/mol. The van der Waals surface area contributed by atoms with Gasteiger partial charge < -0.3 is 19.7 Å². The van der Waals surface area contributed by atoms with E-state index in [-0.39, 0.29) is 30.3 Å². The molecule has 0 saturated heterocycles. The van der Waals surface area contributed by atoms with Crippen molar-refractivity contribution in [1.29, 1.82) is 0 Å². The molecule has 2 amide bonds. The Balaban J connectivity index is 1.72. The summed E-state index contributed by atoms with van der Waals surface area (Å²) in [5.74, 6) is -0.0854. The van der Waals surface area contributed by atoms with Crippen LogP contribution in [0.4, 0.5) is 5.69 Å². The van der Waals surface area contributed by atoms with Crippen LogP contribution in [0.3, 0.4) is 0 Å². The Kier molecular flexibility index (Phi) is 9.65. The number of sulfonamides is 1. The summed E-state index contributed by atoms with van der Waals surface area (Å²) in [7, 11) is -3.87. The van der Waals surface area contributed by atoms with Crippen molar-refractivity contribution in [2.24, 2.45) is 0 Å². The maximum Gasteiger partial charge on any atom is 0.244 e. The van der Waals surface area contributed by atoms with Crippen LogP contribution in [0, 0.1) is 0 Å². The molecular weight excluding hydrogens is 530 g/mol. The van der Waals surface area contributed by atoms with Crippen LogP contribution in [0.5, 0.6) is 11.5 Å². The van der Waals surface area contributed by atoms with Gasteiger partial charge in [0.2, 0.25) is 21.8 Å². The lowest BCUT2D eigenvalue weighted by Crippen LogP contribution is -2.53. The first-order chi connectivity index (χ1) is 19.3. The second-order valence-electron chi connectivity index (χ2n) is 9.34. The molecule has 1 aliphatic rings. The van der Waals surface area contributed by atoms with Crippen LogP contribution in [0.1, 0.15) is 25.0 Å². The zero-order valence-electron chi connectivity index (χ0n) is 22.8. The molecule has 0 aromatic heterocycles. The summed E-state index contributed by atoms with van der Waals surface area (Å²) in [4.78, 5) is 29.0. The first kappa shape index (κ1) is 28.9. The molecule has 1 unspecified atom stereocenters. The average Bonchev–Trinajstić information content (AvgIpc) is 2.98. The summed E-state index contributed by atoms with van der Waals surface area (Å²) < 4.78 is 38.9. The van der Waals surface area contributed by atoms with E-state index in [0.717, 1.165) is 15.4 Å². The molecule has 0 fully saturated rings. The second-order valence-corrected chi connectivity index (χ2v) is 11.5. The monoisotopic (exact) mass is 565 g/mol. The minimum Gasteiger partial charge on any atom is -0.486 e. The molecule has 40 heavy (non-hydrogen) atoms. The van der Waals surface area contributed by atoms with Gasteiger partial charge in [0.05, 0.1) is 11.4 Å². The smallest absolute Gasteiger partial charge is 0.244 e. The van der Waals surface area contributed by atoms with Crippen molar-refractivity contribution in [3.8, 4) is 11.5 Å². The zero-order valence-corrected chi connectivity index (χ0v) is 23.6. The Bertz CT molecular complexity index is 1400. The maximum atomic E-state index is 14.1. The van der Waals surface area contributed by atoms with Crippen LogP contribution in [-0.4, -0.2) is 63.2 Å². The summed E-state index contributed by atoms with van der Waals surface area (Å²) in [6.45, 7) is 4.14. The number of ether oxygens (including phenoxy) is 2. The highest BCUT2D eigenvalue weighted by molar-refractivity contribution is 7.92. The number of hydrogen-bond donors (Lipinski definition) is 1. The zero-order chi connectivity index (χ0) is 28.5. The number of hydrogen-bond acceptors (Lipinski definition) is 6. The van der Waals surface area contributed by atoms with Crippen molar-refractivity contribution in [2.45, 2.75) is 32.9 Å². The summed E-state index contributed by atoms with van der Waals surface area (Å²) in [6.07, 6.45) is 0.274. The van der Waals surface area contributed by atoms with Crippen LogP contribution >= 0.6 is 0 Å². The van der Waals surface area contributed by atoms with E-state index in [9.17, 15) is 18.0 Å². The molecule has 212 valence electrons. The van der Waals surface area contributed by atoms with E-state index >= 15 is 0 Å². The molecule has 3 aromatic carbocycles. The molecule has 0 bridgehead atoms. The van der Waals surface area contributed by atoms with Crippen LogP contribution in [0.25, 0.3) is 0 Å². The minimum atomic E-state index is -3.87. The largest absolute Gasteiger partial charge is 0.486 e. The number of likely N-dealkylation sites (N-methyl/N-ethyl adjacent to an activating group) is 1. The molecule has 4 rings (SSSR count).